The van der Waals surface area contributed by atoms with E-state index in [2.05, 4.69) is 5.32 Å². The SMILES string of the molecule is C[C@@H]1CN(CC(=O)Nc2ccc(Cl)cc2F)C[C@H]1C(=O)O. The van der Waals surface area contributed by atoms with E-state index in [4.69, 9.17) is 16.7 Å². The van der Waals surface area contributed by atoms with Crippen LogP contribution in [-0.4, -0.2) is 41.5 Å². The van der Waals surface area contributed by atoms with Gasteiger partial charge in [0.15, 0.2) is 0 Å². The molecule has 1 aromatic carbocycles. The summed E-state index contributed by atoms with van der Waals surface area (Å²) >= 11 is 5.64. The second kappa shape index (κ2) is 6.41. The van der Waals surface area contributed by atoms with Gasteiger partial charge in [0.05, 0.1) is 18.2 Å². The lowest BCUT2D eigenvalue weighted by Crippen LogP contribution is -2.32. The zero-order valence-electron chi connectivity index (χ0n) is 11.5. The molecular weight excluding hydrogens is 299 g/mol. The third kappa shape index (κ3) is 3.92. The minimum Gasteiger partial charge on any atom is -0.481 e. The van der Waals surface area contributed by atoms with E-state index in [1.807, 2.05) is 6.92 Å². The molecule has 0 aromatic heterocycles. The molecule has 0 aliphatic carbocycles. The van der Waals surface area contributed by atoms with Crippen LogP contribution in [0.25, 0.3) is 0 Å². The van der Waals surface area contributed by atoms with Crippen molar-refractivity contribution >= 4 is 29.2 Å². The van der Waals surface area contributed by atoms with Crippen molar-refractivity contribution < 1.29 is 19.1 Å². The molecule has 114 valence electrons. The summed E-state index contributed by atoms with van der Waals surface area (Å²) in [5.74, 6) is -2.31. The number of hydrogen-bond acceptors (Lipinski definition) is 3. The van der Waals surface area contributed by atoms with Crippen molar-refractivity contribution in [1.29, 1.82) is 0 Å². The number of carboxylic acid groups (broad SMARTS) is 1. The Labute approximate surface area is 126 Å². The first-order valence-electron chi connectivity index (χ1n) is 6.57. The van der Waals surface area contributed by atoms with Gasteiger partial charge in [0.25, 0.3) is 0 Å². The standard InChI is InChI=1S/C14H16ClFN2O3/c1-8-5-18(6-10(8)14(20)21)7-13(19)17-12-3-2-9(15)4-11(12)16/h2-4,8,10H,5-7H2,1H3,(H,17,19)(H,20,21)/t8-,10-/m1/s1. The van der Waals surface area contributed by atoms with E-state index in [1.54, 1.807) is 4.90 Å². The predicted molar refractivity (Wildman–Crippen MR) is 76.8 cm³/mol. The number of halogens is 2. The van der Waals surface area contributed by atoms with E-state index in [0.29, 0.717) is 13.1 Å². The fourth-order valence-corrected chi connectivity index (χ4v) is 2.66. The zero-order valence-corrected chi connectivity index (χ0v) is 12.2. The minimum absolute atomic E-state index is 0.0115. The molecule has 1 aliphatic rings. The number of rotatable bonds is 4. The van der Waals surface area contributed by atoms with Crippen molar-refractivity contribution in [3.8, 4) is 0 Å². The Kier molecular flexibility index (Phi) is 4.80. The van der Waals surface area contributed by atoms with Crippen LogP contribution in [0.3, 0.4) is 0 Å². The Bertz CT molecular complexity index is 567. The van der Waals surface area contributed by atoms with Crippen molar-refractivity contribution in [2.24, 2.45) is 11.8 Å². The molecule has 0 radical (unpaired) electrons. The van der Waals surface area contributed by atoms with Gasteiger partial charge in [0.2, 0.25) is 5.91 Å². The number of nitrogens with zero attached hydrogens (tertiary/aromatic N) is 1. The first kappa shape index (κ1) is 15.7. The molecule has 2 N–H and O–H groups in total. The Balaban J connectivity index is 1.92. The van der Waals surface area contributed by atoms with E-state index in [-0.39, 0.29) is 29.1 Å². The first-order chi connectivity index (χ1) is 9.86. The third-order valence-electron chi connectivity index (χ3n) is 3.58. The fourth-order valence-electron chi connectivity index (χ4n) is 2.50. The molecule has 1 saturated heterocycles. The maximum atomic E-state index is 13.6. The number of carbonyl (C=O) groups is 2. The van der Waals surface area contributed by atoms with E-state index in [0.717, 1.165) is 6.07 Å². The number of carbonyl (C=O) groups excluding carboxylic acids is 1. The van der Waals surface area contributed by atoms with Gasteiger partial charge in [-0.15, -0.1) is 0 Å². The van der Waals surface area contributed by atoms with Gasteiger partial charge in [0, 0.05) is 18.1 Å². The van der Waals surface area contributed by atoms with Crippen LogP contribution in [0.5, 0.6) is 0 Å². The van der Waals surface area contributed by atoms with Gasteiger partial charge in [-0.2, -0.15) is 0 Å². The molecular formula is C14H16ClFN2O3. The van der Waals surface area contributed by atoms with Gasteiger partial charge in [-0.3, -0.25) is 14.5 Å². The maximum absolute atomic E-state index is 13.6. The molecule has 0 unspecified atom stereocenters. The smallest absolute Gasteiger partial charge is 0.308 e. The maximum Gasteiger partial charge on any atom is 0.308 e. The van der Waals surface area contributed by atoms with Crippen LogP contribution in [-0.2, 0) is 9.59 Å². The largest absolute Gasteiger partial charge is 0.481 e. The van der Waals surface area contributed by atoms with Crippen molar-refractivity contribution in [3.63, 3.8) is 0 Å². The quantitative estimate of drug-likeness (QED) is 0.892. The normalized spacial score (nSPS) is 22.2. The van der Waals surface area contributed by atoms with E-state index in [9.17, 15) is 14.0 Å². The molecule has 0 bridgehead atoms. The molecule has 1 heterocycles. The monoisotopic (exact) mass is 314 g/mol. The van der Waals surface area contributed by atoms with Crippen molar-refractivity contribution in [3.05, 3.63) is 29.0 Å². The summed E-state index contributed by atoms with van der Waals surface area (Å²) in [6.45, 7) is 2.74. The lowest BCUT2D eigenvalue weighted by molar-refractivity contribution is -0.142. The first-order valence-corrected chi connectivity index (χ1v) is 6.94. The number of nitrogens with one attached hydrogen (secondary N) is 1. The lowest BCUT2D eigenvalue weighted by Gasteiger charge is -2.15. The molecule has 1 amide bonds. The summed E-state index contributed by atoms with van der Waals surface area (Å²) in [6, 6.07) is 4.00. The van der Waals surface area contributed by atoms with Crippen LogP contribution in [0.2, 0.25) is 5.02 Å². The van der Waals surface area contributed by atoms with Gasteiger partial charge in [-0.25, -0.2) is 4.39 Å². The number of carboxylic acids is 1. The molecule has 5 nitrogen and oxygen atoms in total. The Morgan fingerprint density at radius 2 is 2.19 bits per heavy atom. The molecule has 2 atom stereocenters. The van der Waals surface area contributed by atoms with Crippen molar-refractivity contribution in [2.75, 3.05) is 25.0 Å². The van der Waals surface area contributed by atoms with E-state index >= 15 is 0 Å². The Hall–Kier alpha value is -1.66. The van der Waals surface area contributed by atoms with Crippen LogP contribution in [0.15, 0.2) is 18.2 Å². The average Bonchev–Trinajstić information content (AvgIpc) is 2.74. The molecule has 21 heavy (non-hydrogen) atoms. The van der Waals surface area contributed by atoms with Crippen LogP contribution >= 0.6 is 11.6 Å². The van der Waals surface area contributed by atoms with Crippen LogP contribution in [0.4, 0.5) is 10.1 Å². The summed E-state index contributed by atoms with van der Waals surface area (Å²) in [7, 11) is 0. The molecule has 2 rings (SSSR count). The van der Waals surface area contributed by atoms with Gasteiger partial charge < -0.3 is 10.4 Å². The van der Waals surface area contributed by atoms with Gasteiger partial charge in [-0.05, 0) is 24.1 Å². The highest BCUT2D eigenvalue weighted by Crippen LogP contribution is 2.23. The second-order valence-electron chi connectivity index (χ2n) is 5.29. The molecule has 7 heteroatoms. The molecule has 1 aromatic rings. The topological polar surface area (TPSA) is 69.6 Å². The van der Waals surface area contributed by atoms with Gasteiger partial charge in [0.1, 0.15) is 5.82 Å². The third-order valence-corrected chi connectivity index (χ3v) is 3.81. The van der Waals surface area contributed by atoms with Crippen LogP contribution in [0.1, 0.15) is 6.92 Å². The zero-order chi connectivity index (χ0) is 15.6. The van der Waals surface area contributed by atoms with Gasteiger partial charge >= 0.3 is 5.97 Å². The second-order valence-corrected chi connectivity index (χ2v) is 5.72. The van der Waals surface area contributed by atoms with E-state index < -0.39 is 17.7 Å². The molecule has 1 aliphatic heterocycles. The minimum atomic E-state index is -0.853. The Morgan fingerprint density at radius 3 is 2.76 bits per heavy atom. The van der Waals surface area contributed by atoms with Crippen molar-refractivity contribution in [2.45, 2.75) is 6.92 Å². The van der Waals surface area contributed by atoms with Crippen LogP contribution in [0, 0.1) is 17.7 Å². The summed E-state index contributed by atoms with van der Waals surface area (Å²) in [6.07, 6.45) is 0. The van der Waals surface area contributed by atoms with Crippen molar-refractivity contribution in [1.82, 2.24) is 4.90 Å². The summed E-state index contributed by atoms with van der Waals surface area (Å²) < 4.78 is 13.6. The number of anilines is 1. The summed E-state index contributed by atoms with van der Waals surface area (Å²) in [5.41, 5.74) is 0.0615. The number of benzene rings is 1. The Morgan fingerprint density at radius 1 is 1.48 bits per heavy atom. The fraction of sp³-hybridized carbons (Fsp3) is 0.429. The number of amides is 1. The molecule has 0 spiro atoms. The summed E-state index contributed by atoms with van der Waals surface area (Å²) in [4.78, 5) is 24.7. The highest BCUT2D eigenvalue weighted by Gasteiger charge is 2.35. The lowest BCUT2D eigenvalue weighted by atomic mass is 9.99. The van der Waals surface area contributed by atoms with Gasteiger partial charge in [-0.1, -0.05) is 18.5 Å². The molecule has 0 saturated carbocycles. The highest BCUT2D eigenvalue weighted by atomic mass is 35.5. The average molecular weight is 315 g/mol. The number of hydrogen-bond donors (Lipinski definition) is 2. The predicted octanol–water partition coefficient (Wildman–Crippen LogP) is 2.07. The number of likely N-dealkylation sites (tertiary alicyclic amines) is 1. The summed E-state index contributed by atoms with van der Waals surface area (Å²) in [5, 5.41) is 11.8. The number of aliphatic carboxylic acids is 1. The molecule has 1 fully saturated rings. The highest BCUT2D eigenvalue weighted by molar-refractivity contribution is 6.30. The van der Waals surface area contributed by atoms with E-state index in [1.165, 1.54) is 12.1 Å². The van der Waals surface area contributed by atoms with Crippen LogP contribution < -0.4 is 5.32 Å².